The van der Waals surface area contributed by atoms with E-state index in [4.69, 9.17) is 5.73 Å². The van der Waals surface area contributed by atoms with Crippen LogP contribution >= 0.6 is 0 Å². The lowest BCUT2D eigenvalue weighted by molar-refractivity contribution is 0.101. The number of nitrogens with zero attached hydrogens (tertiary/aromatic N) is 1. The third-order valence-electron chi connectivity index (χ3n) is 4.58. The van der Waals surface area contributed by atoms with Gasteiger partial charge in [-0.25, -0.2) is 0 Å². The van der Waals surface area contributed by atoms with E-state index in [1.807, 2.05) is 0 Å². The number of piperidine rings is 1. The van der Waals surface area contributed by atoms with Crippen LogP contribution in [0.3, 0.4) is 0 Å². The van der Waals surface area contributed by atoms with Gasteiger partial charge in [0.25, 0.3) is 0 Å². The van der Waals surface area contributed by atoms with Gasteiger partial charge in [-0.2, -0.15) is 0 Å². The van der Waals surface area contributed by atoms with Crippen LogP contribution in [0.1, 0.15) is 51.2 Å². The van der Waals surface area contributed by atoms with Gasteiger partial charge in [-0.05, 0) is 35.4 Å². The van der Waals surface area contributed by atoms with E-state index in [9.17, 15) is 0 Å². The highest BCUT2D eigenvalue weighted by Gasteiger charge is 2.32. The third kappa shape index (κ3) is 3.58. The topological polar surface area (TPSA) is 29.3 Å². The maximum absolute atomic E-state index is 6.28. The Labute approximate surface area is 118 Å². The van der Waals surface area contributed by atoms with Crippen molar-refractivity contribution in [3.8, 4) is 0 Å². The molecule has 2 heteroatoms. The predicted octanol–water partition coefficient (Wildman–Crippen LogP) is 3.37. The standard InChI is InChI=1S/C17H28N2/c1-13(2)15-7-5-14(6-8-15)11-19-10-9-17(3,4)16(18)12-19/h5-8,13,16H,9-12,18H2,1-4H3. The number of likely N-dealkylation sites (tertiary alicyclic amines) is 1. The summed E-state index contributed by atoms with van der Waals surface area (Å²) in [5.41, 5.74) is 9.38. The summed E-state index contributed by atoms with van der Waals surface area (Å²) < 4.78 is 0. The SMILES string of the molecule is CC(C)c1ccc(CN2CCC(C)(C)C(N)C2)cc1. The molecule has 1 aromatic rings. The summed E-state index contributed by atoms with van der Waals surface area (Å²) in [7, 11) is 0. The molecule has 2 N–H and O–H groups in total. The zero-order valence-corrected chi connectivity index (χ0v) is 12.8. The Morgan fingerprint density at radius 3 is 2.42 bits per heavy atom. The Balaban J connectivity index is 1.95. The van der Waals surface area contributed by atoms with Crippen molar-refractivity contribution in [3.63, 3.8) is 0 Å². The molecule has 2 nitrogen and oxygen atoms in total. The Kier molecular flexibility index (Phi) is 4.32. The normalized spacial score (nSPS) is 23.8. The van der Waals surface area contributed by atoms with Crippen LogP contribution in [0.15, 0.2) is 24.3 Å². The molecule has 1 heterocycles. The van der Waals surface area contributed by atoms with E-state index in [1.165, 1.54) is 17.5 Å². The minimum atomic E-state index is 0.288. The molecule has 106 valence electrons. The van der Waals surface area contributed by atoms with Crippen molar-refractivity contribution in [1.29, 1.82) is 0 Å². The van der Waals surface area contributed by atoms with Gasteiger partial charge in [0, 0.05) is 19.1 Å². The number of hydrogen-bond donors (Lipinski definition) is 1. The highest BCUT2D eigenvalue weighted by atomic mass is 15.1. The number of hydrogen-bond acceptors (Lipinski definition) is 2. The highest BCUT2D eigenvalue weighted by molar-refractivity contribution is 5.24. The lowest BCUT2D eigenvalue weighted by Gasteiger charge is -2.42. The molecule has 0 radical (unpaired) electrons. The smallest absolute Gasteiger partial charge is 0.0234 e. The van der Waals surface area contributed by atoms with E-state index in [0.29, 0.717) is 5.92 Å². The summed E-state index contributed by atoms with van der Waals surface area (Å²) in [6, 6.07) is 9.33. The van der Waals surface area contributed by atoms with Gasteiger partial charge in [0.15, 0.2) is 0 Å². The molecule has 1 unspecified atom stereocenters. The molecule has 0 bridgehead atoms. The maximum Gasteiger partial charge on any atom is 0.0234 e. The molecule has 0 saturated carbocycles. The van der Waals surface area contributed by atoms with Crippen molar-refractivity contribution in [3.05, 3.63) is 35.4 Å². The summed E-state index contributed by atoms with van der Waals surface area (Å²) in [6.07, 6.45) is 1.19. The molecular weight excluding hydrogens is 232 g/mol. The lowest BCUT2D eigenvalue weighted by atomic mass is 9.78. The average molecular weight is 260 g/mol. The van der Waals surface area contributed by atoms with Crippen molar-refractivity contribution >= 4 is 0 Å². The van der Waals surface area contributed by atoms with Gasteiger partial charge in [-0.15, -0.1) is 0 Å². The number of nitrogens with two attached hydrogens (primary N) is 1. The summed E-state index contributed by atoms with van der Waals surface area (Å²) in [5, 5.41) is 0. The second kappa shape index (κ2) is 5.64. The minimum Gasteiger partial charge on any atom is -0.326 e. The molecule has 1 aromatic carbocycles. The molecule has 0 amide bonds. The molecule has 1 fully saturated rings. The van der Waals surface area contributed by atoms with Crippen molar-refractivity contribution in [2.24, 2.45) is 11.1 Å². The fourth-order valence-electron chi connectivity index (χ4n) is 2.66. The molecular formula is C17H28N2. The molecule has 0 spiro atoms. The van der Waals surface area contributed by atoms with Crippen LogP contribution in [0, 0.1) is 5.41 Å². The van der Waals surface area contributed by atoms with Gasteiger partial charge in [0.05, 0.1) is 0 Å². The predicted molar refractivity (Wildman–Crippen MR) is 82.2 cm³/mol. The van der Waals surface area contributed by atoms with E-state index in [0.717, 1.165) is 19.6 Å². The number of rotatable bonds is 3. The largest absolute Gasteiger partial charge is 0.326 e. The summed E-state index contributed by atoms with van der Waals surface area (Å²) in [4.78, 5) is 2.49. The quantitative estimate of drug-likeness (QED) is 0.903. The van der Waals surface area contributed by atoms with Crippen LogP contribution in [0.5, 0.6) is 0 Å². The van der Waals surface area contributed by atoms with Crippen LogP contribution in [-0.2, 0) is 6.54 Å². The van der Waals surface area contributed by atoms with Crippen LogP contribution < -0.4 is 5.73 Å². The third-order valence-corrected chi connectivity index (χ3v) is 4.58. The van der Waals surface area contributed by atoms with E-state index in [2.05, 4.69) is 56.9 Å². The zero-order valence-electron chi connectivity index (χ0n) is 12.8. The Morgan fingerprint density at radius 2 is 1.89 bits per heavy atom. The molecule has 1 atom stereocenters. The first-order chi connectivity index (χ1) is 8.88. The molecule has 0 aliphatic carbocycles. The maximum atomic E-state index is 6.28. The van der Waals surface area contributed by atoms with Crippen molar-refractivity contribution in [2.45, 2.75) is 52.6 Å². The van der Waals surface area contributed by atoms with Crippen LogP contribution in [0.2, 0.25) is 0 Å². The first kappa shape index (κ1) is 14.5. The van der Waals surface area contributed by atoms with Gasteiger partial charge >= 0.3 is 0 Å². The molecule has 2 rings (SSSR count). The first-order valence-electron chi connectivity index (χ1n) is 7.45. The lowest BCUT2D eigenvalue weighted by Crippen LogP contribution is -2.52. The van der Waals surface area contributed by atoms with Crippen molar-refractivity contribution < 1.29 is 0 Å². The zero-order chi connectivity index (χ0) is 14.0. The van der Waals surface area contributed by atoms with E-state index in [-0.39, 0.29) is 11.5 Å². The van der Waals surface area contributed by atoms with E-state index in [1.54, 1.807) is 0 Å². The molecule has 0 aromatic heterocycles. The Morgan fingerprint density at radius 1 is 1.26 bits per heavy atom. The van der Waals surface area contributed by atoms with Crippen LogP contribution in [-0.4, -0.2) is 24.0 Å². The molecule has 1 aliphatic rings. The van der Waals surface area contributed by atoms with Crippen molar-refractivity contribution in [1.82, 2.24) is 4.90 Å². The van der Waals surface area contributed by atoms with Gasteiger partial charge in [0.1, 0.15) is 0 Å². The van der Waals surface area contributed by atoms with Gasteiger partial charge in [-0.3, -0.25) is 4.90 Å². The van der Waals surface area contributed by atoms with E-state index >= 15 is 0 Å². The van der Waals surface area contributed by atoms with Crippen LogP contribution in [0.4, 0.5) is 0 Å². The second-order valence-corrected chi connectivity index (χ2v) is 6.98. The summed E-state index contributed by atoms with van der Waals surface area (Å²) in [5.74, 6) is 0.609. The van der Waals surface area contributed by atoms with Crippen molar-refractivity contribution in [2.75, 3.05) is 13.1 Å². The summed E-state index contributed by atoms with van der Waals surface area (Å²) >= 11 is 0. The molecule has 1 aliphatic heterocycles. The fourth-order valence-corrected chi connectivity index (χ4v) is 2.66. The molecule has 19 heavy (non-hydrogen) atoms. The number of benzene rings is 1. The minimum absolute atomic E-state index is 0.288. The average Bonchev–Trinajstić information content (AvgIpc) is 2.35. The Bertz CT molecular complexity index is 406. The highest BCUT2D eigenvalue weighted by Crippen LogP contribution is 2.29. The monoisotopic (exact) mass is 260 g/mol. The van der Waals surface area contributed by atoms with E-state index < -0.39 is 0 Å². The first-order valence-corrected chi connectivity index (χ1v) is 7.45. The fraction of sp³-hybridized carbons (Fsp3) is 0.647. The van der Waals surface area contributed by atoms with Gasteiger partial charge in [0.2, 0.25) is 0 Å². The Hall–Kier alpha value is -0.860. The van der Waals surface area contributed by atoms with Crippen LogP contribution in [0.25, 0.3) is 0 Å². The molecule has 1 saturated heterocycles. The van der Waals surface area contributed by atoms with Gasteiger partial charge in [-0.1, -0.05) is 52.0 Å². The second-order valence-electron chi connectivity index (χ2n) is 6.98. The summed E-state index contributed by atoms with van der Waals surface area (Å²) in [6.45, 7) is 12.2. The van der Waals surface area contributed by atoms with Gasteiger partial charge < -0.3 is 5.73 Å².